The normalized spacial score (nSPS) is 13.5. The van der Waals surface area contributed by atoms with Crippen molar-refractivity contribution < 1.29 is 4.79 Å². The van der Waals surface area contributed by atoms with E-state index >= 15 is 0 Å². The van der Waals surface area contributed by atoms with E-state index in [0.29, 0.717) is 6.04 Å². The second-order valence-electron chi connectivity index (χ2n) is 5.26. The zero-order valence-corrected chi connectivity index (χ0v) is 12.2. The molecule has 0 radical (unpaired) electrons. The lowest BCUT2D eigenvalue weighted by Crippen LogP contribution is -2.54. The van der Waals surface area contributed by atoms with Crippen LogP contribution in [0.1, 0.15) is 66.7 Å². The summed E-state index contributed by atoms with van der Waals surface area (Å²) in [7, 11) is 0. The highest BCUT2D eigenvalue weighted by molar-refractivity contribution is 5.85. The first-order valence-corrected chi connectivity index (χ1v) is 7.03. The van der Waals surface area contributed by atoms with Gasteiger partial charge in [0.05, 0.1) is 5.54 Å². The third-order valence-electron chi connectivity index (χ3n) is 3.06. The van der Waals surface area contributed by atoms with Gasteiger partial charge in [0.2, 0.25) is 5.91 Å². The number of rotatable bonds is 9. The van der Waals surface area contributed by atoms with Crippen molar-refractivity contribution in [2.45, 2.75) is 78.3 Å². The first-order valence-electron chi connectivity index (χ1n) is 7.03. The van der Waals surface area contributed by atoms with E-state index in [1.54, 1.807) is 0 Å². The number of unbranched alkanes of at least 4 members (excludes halogenated alkanes) is 1. The second kappa shape index (κ2) is 8.51. The van der Waals surface area contributed by atoms with Crippen LogP contribution in [-0.4, -0.2) is 24.0 Å². The number of nitrogens with one attached hydrogen (secondary N) is 2. The van der Waals surface area contributed by atoms with Crippen LogP contribution in [0.3, 0.4) is 0 Å². The van der Waals surface area contributed by atoms with Crippen LogP contribution in [0.15, 0.2) is 0 Å². The molecule has 1 atom stereocenters. The van der Waals surface area contributed by atoms with Gasteiger partial charge in [-0.3, -0.25) is 4.79 Å². The van der Waals surface area contributed by atoms with Crippen LogP contribution in [0.4, 0.5) is 0 Å². The number of carbonyl (C=O) groups is 1. The largest absolute Gasteiger partial charge is 0.352 e. The van der Waals surface area contributed by atoms with E-state index in [2.05, 4.69) is 24.5 Å². The Kier molecular flexibility index (Phi) is 8.23. The summed E-state index contributed by atoms with van der Waals surface area (Å²) in [5, 5.41) is 6.39. The van der Waals surface area contributed by atoms with Crippen LogP contribution in [0.2, 0.25) is 0 Å². The Morgan fingerprint density at radius 3 is 2.24 bits per heavy atom. The molecule has 17 heavy (non-hydrogen) atoms. The maximum atomic E-state index is 12.1. The van der Waals surface area contributed by atoms with E-state index in [1.807, 2.05) is 20.8 Å². The zero-order chi connectivity index (χ0) is 13.3. The van der Waals surface area contributed by atoms with Crippen molar-refractivity contribution in [1.82, 2.24) is 10.6 Å². The number of hydrogen-bond donors (Lipinski definition) is 2. The molecule has 0 aromatic carbocycles. The zero-order valence-electron chi connectivity index (χ0n) is 12.2. The summed E-state index contributed by atoms with van der Waals surface area (Å²) in [6.45, 7) is 11.1. The van der Waals surface area contributed by atoms with E-state index in [-0.39, 0.29) is 5.91 Å². The molecule has 0 aliphatic rings. The minimum Gasteiger partial charge on any atom is -0.352 e. The number of hydrogen-bond acceptors (Lipinski definition) is 2. The Labute approximate surface area is 107 Å². The summed E-state index contributed by atoms with van der Waals surface area (Å²) in [5.74, 6) is 0.119. The molecule has 0 aliphatic carbocycles. The molecule has 0 saturated heterocycles. The molecular formula is C14H30N2O. The van der Waals surface area contributed by atoms with Crippen molar-refractivity contribution in [3.8, 4) is 0 Å². The smallest absolute Gasteiger partial charge is 0.239 e. The number of likely N-dealkylation sites (N-methyl/N-ethyl adjacent to an activating group) is 1. The highest BCUT2D eigenvalue weighted by atomic mass is 16.2. The van der Waals surface area contributed by atoms with E-state index < -0.39 is 5.54 Å². The Bertz CT molecular complexity index is 214. The van der Waals surface area contributed by atoms with Gasteiger partial charge >= 0.3 is 0 Å². The molecule has 0 aliphatic heterocycles. The van der Waals surface area contributed by atoms with Gasteiger partial charge in [-0.05, 0) is 33.2 Å². The Hall–Kier alpha value is -0.570. The standard InChI is InChI=1S/C14H30N2O/c1-6-9-11-12(10-7-2)16-13(17)14(4,5)15-8-3/h12,15H,6-11H2,1-5H3,(H,16,17). The molecule has 102 valence electrons. The van der Waals surface area contributed by atoms with Gasteiger partial charge in [0.15, 0.2) is 0 Å². The van der Waals surface area contributed by atoms with Gasteiger partial charge in [0.1, 0.15) is 0 Å². The third-order valence-corrected chi connectivity index (χ3v) is 3.06. The minimum atomic E-state index is -0.465. The first-order chi connectivity index (χ1) is 7.97. The van der Waals surface area contributed by atoms with Gasteiger partial charge < -0.3 is 10.6 Å². The fourth-order valence-corrected chi connectivity index (χ4v) is 1.98. The maximum absolute atomic E-state index is 12.1. The summed E-state index contributed by atoms with van der Waals surface area (Å²) in [5.41, 5.74) is -0.465. The minimum absolute atomic E-state index is 0.119. The van der Waals surface area contributed by atoms with Crippen LogP contribution in [-0.2, 0) is 4.79 Å². The van der Waals surface area contributed by atoms with Crippen molar-refractivity contribution in [2.75, 3.05) is 6.54 Å². The predicted molar refractivity (Wildman–Crippen MR) is 74.1 cm³/mol. The molecule has 0 spiro atoms. The Balaban J connectivity index is 4.27. The molecule has 1 unspecified atom stereocenters. The lowest BCUT2D eigenvalue weighted by atomic mass is 10.0. The van der Waals surface area contributed by atoms with Crippen molar-refractivity contribution in [2.24, 2.45) is 0 Å². The van der Waals surface area contributed by atoms with Gasteiger partial charge in [-0.15, -0.1) is 0 Å². The molecule has 0 aromatic rings. The van der Waals surface area contributed by atoms with Gasteiger partial charge in [-0.1, -0.05) is 40.0 Å². The van der Waals surface area contributed by atoms with Crippen molar-refractivity contribution in [3.05, 3.63) is 0 Å². The molecule has 3 nitrogen and oxygen atoms in total. The van der Waals surface area contributed by atoms with Crippen LogP contribution in [0, 0.1) is 0 Å². The van der Waals surface area contributed by atoms with Crippen molar-refractivity contribution >= 4 is 5.91 Å². The molecule has 0 bridgehead atoms. The Morgan fingerprint density at radius 1 is 1.12 bits per heavy atom. The molecule has 0 heterocycles. The summed E-state index contributed by atoms with van der Waals surface area (Å²) in [6, 6.07) is 0.338. The van der Waals surface area contributed by atoms with E-state index in [0.717, 1.165) is 25.8 Å². The molecule has 2 N–H and O–H groups in total. The van der Waals surface area contributed by atoms with Crippen molar-refractivity contribution in [1.29, 1.82) is 0 Å². The molecule has 1 amide bonds. The van der Waals surface area contributed by atoms with Crippen molar-refractivity contribution in [3.63, 3.8) is 0 Å². The summed E-state index contributed by atoms with van der Waals surface area (Å²) in [4.78, 5) is 12.1. The molecule has 3 heteroatoms. The SMILES string of the molecule is CCCCC(CCC)NC(=O)C(C)(C)NCC. The van der Waals surface area contributed by atoms with Gasteiger partial charge in [0.25, 0.3) is 0 Å². The molecule has 0 fully saturated rings. The fourth-order valence-electron chi connectivity index (χ4n) is 1.98. The highest BCUT2D eigenvalue weighted by Gasteiger charge is 2.27. The average Bonchev–Trinajstić information content (AvgIpc) is 2.26. The monoisotopic (exact) mass is 242 g/mol. The summed E-state index contributed by atoms with van der Waals surface area (Å²) in [6.07, 6.45) is 5.67. The molecule has 0 aromatic heterocycles. The summed E-state index contributed by atoms with van der Waals surface area (Å²) >= 11 is 0. The highest BCUT2D eigenvalue weighted by Crippen LogP contribution is 2.09. The number of carbonyl (C=O) groups excluding carboxylic acids is 1. The molecule has 0 saturated carbocycles. The van der Waals surface area contributed by atoms with Gasteiger partial charge in [-0.25, -0.2) is 0 Å². The van der Waals surface area contributed by atoms with E-state index in [9.17, 15) is 4.79 Å². The molecular weight excluding hydrogens is 212 g/mol. The maximum Gasteiger partial charge on any atom is 0.239 e. The van der Waals surface area contributed by atoms with Crippen LogP contribution in [0.5, 0.6) is 0 Å². The lowest BCUT2D eigenvalue weighted by Gasteiger charge is -2.28. The van der Waals surface area contributed by atoms with Gasteiger partial charge in [-0.2, -0.15) is 0 Å². The van der Waals surface area contributed by atoms with Crippen LogP contribution in [0.25, 0.3) is 0 Å². The second-order valence-corrected chi connectivity index (χ2v) is 5.26. The topological polar surface area (TPSA) is 41.1 Å². The third kappa shape index (κ3) is 6.67. The average molecular weight is 242 g/mol. The quantitative estimate of drug-likeness (QED) is 0.653. The van der Waals surface area contributed by atoms with Crippen LogP contribution < -0.4 is 10.6 Å². The molecule has 0 rings (SSSR count). The Morgan fingerprint density at radius 2 is 1.76 bits per heavy atom. The summed E-state index contributed by atoms with van der Waals surface area (Å²) < 4.78 is 0. The van der Waals surface area contributed by atoms with E-state index in [4.69, 9.17) is 0 Å². The van der Waals surface area contributed by atoms with Gasteiger partial charge in [0, 0.05) is 6.04 Å². The van der Waals surface area contributed by atoms with E-state index in [1.165, 1.54) is 12.8 Å². The lowest BCUT2D eigenvalue weighted by molar-refractivity contribution is -0.127. The fraction of sp³-hybridized carbons (Fsp3) is 0.929. The number of amides is 1. The van der Waals surface area contributed by atoms with Crippen LogP contribution >= 0.6 is 0 Å². The first kappa shape index (κ1) is 16.4. The predicted octanol–water partition coefficient (Wildman–Crippen LogP) is 2.85.